The molecule has 0 unspecified atom stereocenters. The Morgan fingerprint density at radius 1 is 0.941 bits per heavy atom. The second-order valence-electron chi connectivity index (χ2n) is 8.30. The van der Waals surface area contributed by atoms with Crippen LogP contribution >= 0.6 is 0 Å². The van der Waals surface area contributed by atoms with Crippen molar-refractivity contribution in [1.82, 2.24) is 15.0 Å². The molecule has 1 aromatic carbocycles. The van der Waals surface area contributed by atoms with Crippen molar-refractivity contribution in [3.05, 3.63) is 29.8 Å². The second-order valence-corrected chi connectivity index (χ2v) is 9.69. The highest BCUT2D eigenvalue weighted by Gasteiger charge is 2.15. The summed E-state index contributed by atoms with van der Waals surface area (Å²) in [5.74, 6) is 0.577. The number of nitrogen functional groups attached to an aromatic ring is 1. The molecule has 188 valence electrons. The molecule has 0 spiro atoms. The van der Waals surface area contributed by atoms with E-state index in [0.717, 1.165) is 19.4 Å². The van der Waals surface area contributed by atoms with E-state index in [1.165, 1.54) is 57.4 Å². The summed E-state index contributed by atoms with van der Waals surface area (Å²) in [5, 5.41) is 6.10. The van der Waals surface area contributed by atoms with Gasteiger partial charge in [-0.3, -0.25) is 4.55 Å². The molecule has 2 rings (SSSR count). The lowest BCUT2D eigenvalue weighted by atomic mass is 10.1. The molecule has 34 heavy (non-hydrogen) atoms. The first kappa shape index (κ1) is 27.5. The summed E-state index contributed by atoms with van der Waals surface area (Å²) in [6, 6.07) is 4.57. The van der Waals surface area contributed by atoms with Gasteiger partial charge in [0.05, 0.1) is 0 Å². The van der Waals surface area contributed by atoms with E-state index in [0.29, 0.717) is 17.2 Å². The Hall–Kier alpha value is -2.72. The van der Waals surface area contributed by atoms with Crippen molar-refractivity contribution < 1.29 is 13.0 Å². The minimum atomic E-state index is -4.40. The zero-order valence-electron chi connectivity index (χ0n) is 20.3. The Morgan fingerprint density at radius 2 is 1.56 bits per heavy atom. The average molecular weight is 491 g/mol. The first-order chi connectivity index (χ1) is 16.3. The number of nitrogens with zero attached hydrogens (tertiary/aromatic N) is 3. The molecule has 0 radical (unpaired) electrons. The zero-order valence-corrected chi connectivity index (χ0v) is 21.1. The number of nitrogens with one attached hydrogen (secondary N) is 2. The van der Waals surface area contributed by atoms with E-state index >= 15 is 0 Å². The SMILES string of the molecule is CC=Cc1ccc(Nc2nc(N)nc(NCCCCCCCCCCCC)n2)cc1S(=O)(=O)O. The van der Waals surface area contributed by atoms with Crippen LogP contribution in [0.3, 0.4) is 0 Å². The highest BCUT2D eigenvalue weighted by molar-refractivity contribution is 7.86. The van der Waals surface area contributed by atoms with Gasteiger partial charge in [0.25, 0.3) is 10.1 Å². The number of rotatable bonds is 16. The van der Waals surface area contributed by atoms with Gasteiger partial charge in [-0.2, -0.15) is 23.4 Å². The molecular formula is C24H38N6O3S. The molecule has 0 saturated carbocycles. The Kier molecular flexibility index (Phi) is 11.8. The molecule has 1 aromatic heterocycles. The standard InChI is InChI=1S/C24H38N6O3S/c1-3-5-6-7-8-9-10-11-12-13-17-26-23-28-22(25)29-24(30-23)27-20-16-15-19(14-4-2)21(18-20)34(31,32)33/h4,14-16,18H,3,5-13,17H2,1-2H3,(H,31,32,33)(H4,25,26,27,28,29,30). The first-order valence-electron chi connectivity index (χ1n) is 12.1. The summed E-state index contributed by atoms with van der Waals surface area (Å²) in [6.45, 7) is 4.73. The third-order valence-corrected chi connectivity index (χ3v) is 6.27. The van der Waals surface area contributed by atoms with Crippen LogP contribution in [-0.4, -0.2) is 34.5 Å². The number of hydrogen-bond donors (Lipinski definition) is 4. The maximum absolute atomic E-state index is 11.7. The van der Waals surface area contributed by atoms with E-state index in [2.05, 4.69) is 32.5 Å². The van der Waals surface area contributed by atoms with Crippen molar-refractivity contribution in [2.45, 2.75) is 83.0 Å². The van der Waals surface area contributed by atoms with E-state index in [1.54, 1.807) is 31.2 Å². The van der Waals surface area contributed by atoms with Crippen LogP contribution in [0.2, 0.25) is 0 Å². The number of nitrogens with two attached hydrogens (primary N) is 1. The summed E-state index contributed by atoms with van der Waals surface area (Å²) in [7, 11) is -4.40. The zero-order chi connectivity index (χ0) is 24.8. The topological polar surface area (TPSA) is 143 Å². The first-order valence-corrected chi connectivity index (χ1v) is 13.5. The lowest BCUT2D eigenvalue weighted by Gasteiger charge is -2.11. The Labute approximate surface area is 203 Å². The molecule has 0 aliphatic rings. The fourth-order valence-corrected chi connectivity index (χ4v) is 4.33. The molecular weight excluding hydrogens is 452 g/mol. The number of allylic oxidation sites excluding steroid dienone is 1. The molecule has 0 amide bonds. The fourth-order valence-electron chi connectivity index (χ4n) is 3.62. The Balaban J connectivity index is 1.85. The van der Waals surface area contributed by atoms with Crippen LogP contribution in [0.25, 0.3) is 6.08 Å². The highest BCUT2D eigenvalue weighted by atomic mass is 32.2. The van der Waals surface area contributed by atoms with Crippen LogP contribution in [0.1, 0.15) is 83.6 Å². The van der Waals surface area contributed by atoms with Crippen molar-refractivity contribution in [2.75, 3.05) is 22.9 Å². The van der Waals surface area contributed by atoms with E-state index in [4.69, 9.17) is 5.73 Å². The second kappa shape index (κ2) is 14.5. The third-order valence-electron chi connectivity index (χ3n) is 5.36. The number of anilines is 4. The van der Waals surface area contributed by atoms with E-state index in [-0.39, 0.29) is 16.8 Å². The normalized spacial score (nSPS) is 11.7. The van der Waals surface area contributed by atoms with Gasteiger partial charge in [0.2, 0.25) is 17.8 Å². The summed E-state index contributed by atoms with van der Waals surface area (Å²) >= 11 is 0. The summed E-state index contributed by atoms with van der Waals surface area (Å²) in [5.41, 5.74) is 6.59. The number of benzene rings is 1. The third kappa shape index (κ3) is 10.0. The predicted octanol–water partition coefficient (Wildman–Crippen LogP) is 5.81. The molecule has 0 atom stereocenters. The lowest BCUT2D eigenvalue weighted by molar-refractivity contribution is 0.483. The van der Waals surface area contributed by atoms with Crippen LogP contribution in [0.15, 0.2) is 29.2 Å². The van der Waals surface area contributed by atoms with Crippen molar-refractivity contribution in [2.24, 2.45) is 0 Å². The fraction of sp³-hybridized carbons (Fsp3) is 0.542. The molecule has 10 heteroatoms. The molecule has 0 aliphatic carbocycles. The van der Waals surface area contributed by atoms with E-state index in [9.17, 15) is 13.0 Å². The monoisotopic (exact) mass is 490 g/mol. The summed E-state index contributed by atoms with van der Waals surface area (Å²) in [6.07, 6.45) is 15.9. The maximum Gasteiger partial charge on any atom is 0.295 e. The quantitative estimate of drug-likeness (QED) is 0.169. The predicted molar refractivity (Wildman–Crippen MR) is 139 cm³/mol. The van der Waals surface area contributed by atoms with Gasteiger partial charge >= 0.3 is 0 Å². The smallest absolute Gasteiger partial charge is 0.295 e. The molecule has 5 N–H and O–H groups in total. The van der Waals surface area contributed by atoms with Crippen molar-refractivity contribution in [3.63, 3.8) is 0 Å². The lowest BCUT2D eigenvalue weighted by Crippen LogP contribution is -2.10. The molecule has 0 bridgehead atoms. The minimum Gasteiger partial charge on any atom is -0.368 e. The van der Waals surface area contributed by atoms with Crippen LogP contribution in [0.4, 0.5) is 23.5 Å². The molecule has 0 fully saturated rings. The molecule has 9 nitrogen and oxygen atoms in total. The van der Waals surface area contributed by atoms with Crippen molar-refractivity contribution >= 4 is 39.7 Å². The summed E-state index contributed by atoms with van der Waals surface area (Å²) in [4.78, 5) is 12.3. The molecule has 2 aromatic rings. The van der Waals surface area contributed by atoms with Crippen molar-refractivity contribution in [3.8, 4) is 0 Å². The van der Waals surface area contributed by atoms with Crippen LogP contribution in [0.5, 0.6) is 0 Å². The number of hydrogen-bond acceptors (Lipinski definition) is 8. The summed E-state index contributed by atoms with van der Waals surface area (Å²) < 4.78 is 33.0. The highest BCUT2D eigenvalue weighted by Crippen LogP contribution is 2.24. The largest absolute Gasteiger partial charge is 0.368 e. The van der Waals surface area contributed by atoms with Gasteiger partial charge in [0.15, 0.2) is 0 Å². The van der Waals surface area contributed by atoms with Gasteiger partial charge in [-0.15, -0.1) is 0 Å². The molecule has 0 aliphatic heterocycles. The number of aromatic nitrogens is 3. The minimum absolute atomic E-state index is 0.0450. The van der Waals surface area contributed by atoms with Crippen LogP contribution < -0.4 is 16.4 Å². The van der Waals surface area contributed by atoms with Crippen LogP contribution in [0, 0.1) is 0 Å². The Morgan fingerprint density at radius 3 is 2.18 bits per heavy atom. The van der Waals surface area contributed by atoms with E-state index in [1.807, 2.05) is 0 Å². The number of unbranched alkanes of at least 4 members (excludes halogenated alkanes) is 9. The maximum atomic E-state index is 11.7. The van der Waals surface area contributed by atoms with Gasteiger partial charge in [0, 0.05) is 12.2 Å². The Bertz CT molecular complexity index is 1030. The van der Waals surface area contributed by atoms with Gasteiger partial charge in [-0.25, -0.2) is 0 Å². The molecule has 0 saturated heterocycles. The van der Waals surface area contributed by atoms with Gasteiger partial charge in [0.1, 0.15) is 4.90 Å². The average Bonchev–Trinajstić information content (AvgIpc) is 2.77. The van der Waals surface area contributed by atoms with Crippen molar-refractivity contribution in [1.29, 1.82) is 0 Å². The van der Waals surface area contributed by atoms with Gasteiger partial charge in [-0.1, -0.05) is 82.9 Å². The van der Waals surface area contributed by atoms with Gasteiger partial charge < -0.3 is 16.4 Å². The van der Waals surface area contributed by atoms with Gasteiger partial charge in [-0.05, 0) is 31.0 Å². The van der Waals surface area contributed by atoms with E-state index < -0.39 is 10.1 Å². The van der Waals surface area contributed by atoms with Crippen LogP contribution in [-0.2, 0) is 10.1 Å². The molecule has 1 heterocycles.